The standard InChI is InChI=1S/C22H28N4O5S/c1-31-18-8-6-17(7-9-18)24-21(27)16-5-4-12-26(15-16)32(29,30)19-13-20(23-14-19)22(28)25-10-2-3-11-25/h6-9,13-14,16,23H,2-5,10-12,15H2,1H3,(H,24,27). The SMILES string of the molecule is COc1ccc(NC(=O)C2CCCN(S(=O)(=O)c3c[nH]c(C(=O)N4CCCC4)c3)C2)cc1. The van der Waals surface area contributed by atoms with Crippen LogP contribution in [0.25, 0.3) is 0 Å². The number of benzene rings is 1. The van der Waals surface area contributed by atoms with Crippen LogP contribution in [0.15, 0.2) is 41.4 Å². The summed E-state index contributed by atoms with van der Waals surface area (Å²) in [6, 6.07) is 8.39. The van der Waals surface area contributed by atoms with E-state index < -0.39 is 15.9 Å². The van der Waals surface area contributed by atoms with E-state index in [1.165, 1.54) is 16.6 Å². The quantitative estimate of drug-likeness (QED) is 0.687. The van der Waals surface area contributed by atoms with Crippen LogP contribution in [-0.2, 0) is 14.8 Å². The molecule has 0 spiro atoms. The molecule has 1 atom stereocenters. The highest BCUT2D eigenvalue weighted by Crippen LogP contribution is 2.26. The Morgan fingerprint density at radius 1 is 1.09 bits per heavy atom. The molecule has 3 heterocycles. The largest absolute Gasteiger partial charge is 0.497 e. The highest BCUT2D eigenvalue weighted by atomic mass is 32.2. The van der Waals surface area contributed by atoms with Crippen molar-refractivity contribution in [2.75, 3.05) is 38.6 Å². The topological polar surface area (TPSA) is 112 Å². The van der Waals surface area contributed by atoms with Gasteiger partial charge in [0.05, 0.1) is 13.0 Å². The Bertz CT molecular complexity index is 1070. The van der Waals surface area contributed by atoms with E-state index in [0.29, 0.717) is 43.9 Å². The van der Waals surface area contributed by atoms with Crippen molar-refractivity contribution >= 4 is 27.5 Å². The van der Waals surface area contributed by atoms with Gasteiger partial charge in [-0.15, -0.1) is 0 Å². The lowest BCUT2D eigenvalue weighted by atomic mass is 9.99. The minimum Gasteiger partial charge on any atom is -0.497 e. The van der Waals surface area contributed by atoms with Gasteiger partial charge in [0.25, 0.3) is 5.91 Å². The summed E-state index contributed by atoms with van der Waals surface area (Å²) in [6.07, 6.45) is 4.49. The molecule has 0 radical (unpaired) electrons. The first kappa shape index (κ1) is 22.3. The first-order valence-electron chi connectivity index (χ1n) is 10.8. The van der Waals surface area contributed by atoms with Crippen LogP contribution < -0.4 is 10.1 Å². The van der Waals surface area contributed by atoms with E-state index >= 15 is 0 Å². The fourth-order valence-electron chi connectivity index (χ4n) is 4.18. The van der Waals surface area contributed by atoms with Gasteiger partial charge in [-0.2, -0.15) is 4.31 Å². The van der Waals surface area contributed by atoms with Crippen LogP contribution in [0.2, 0.25) is 0 Å². The smallest absolute Gasteiger partial charge is 0.270 e. The number of rotatable bonds is 6. The van der Waals surface area contributed by atoms with Crippen molar-refractivity contribution in [3.05, 3.63) is 42.2 Å². The average Bonchev–Trinajstić information content (AvgIpc) is 3.52. The normalized spacial score (nSPS) is 19.7. The number of likely N-dealkylation sites (tertiary alicyclic amines) is 1. The molecule has 2 aliphatic rings. The number of hydrogen-bond acceptors (Lipinski definition) is 5. The van der Waals surface area contributed by atoms with Crippen molar-refractivity contribution in [2.24, 2.45) is 5.92 Å². The summed E-state index contributed by atoms with van der Waals surface area (Å²) >= 11 is 0. The van der Waals surface area contributed by atoms with Gasteiger partial charge in [0.1, 0.15) is 16.3 Å². The number of sulfonamides is 1. The Kier molecular flexibility index (Phi) is 6.52. The maximum atomic E-state index is 13.2. The van der Waals surface area contributed by atoms with Gasteiger partial charge in [-0.3, -0.25) is 9.59 Å². The fraction of sp³-hybridized carbons (Fsp3) is 0.455. The van der Waals surface area contributed by atoms with Crippen LogP contribution in [0.4, 0.5) is 5.69 Å². The number of anilines is 1. The van der Waals surface area contributed by atoms with Crippen LogP contribution in [0.5, 0.6) is 5.75 Å². The van der Waals surface area contributed by atoms with Crippen LogP contribution in [-0.4, -0.2) is 67.7 Å². The van der Waals surface area contributed by atoms with Crippen molar-refractivity contribution < 1.29 is 22.7 Å². The summed E-state index contributed by atoms with van der Waals surface area (Å²) in [5, 5.41) is 2.85. The van der Waals surface area contributed by atoms with Crippen molar-refractivity contribution in [2.45, 2.75) is 30.6 Å². The van der Waals surface area contributed by atoms with Crippen LogP contribution in [0.3, 0.4) is 0 Å². The minimum absolute atomic E-state index is 0.0521. The monoisotopic (exact) mass is 460 g/mol. The lowest BCUT2D eigenvalue weighted by Crippen LogP contribution is -2.43. The summed E-state index contributed by atoms with van der Waals surface area (Å²) in [5.41, 5.74) is 0.905. The molecule has 172 valence electrons. The van der Waals surface area contributed by atoms with Gasteiger partial charge in [0.15, 0.2) is 0 Å². The highest BCUT2D eigenvalue weighted by molar-refractivity contribution is 7.89. The summed E-state index contributed by atoms with van der Waals surface area (Å²) in [7, 11) is -2.24. The number of carbonyl (C=O) groups excluding carboxylic acids is 2. The van der Waals surface area contributed by atoms with Crippen LogP contribution in [0.1, 0.15) is 36.2 Å². The number of piperidine rings is 1. The molecule has 2 saturated heterocycles. The van der Waals surface area contributed by atoms with Crippen LogP contribution >= 0.6 is 0 Å². The zero-order valence-electron chi connectivity index (χ0n) is 18.0. The second kappa shape index (κ2) is 9.33. The number of ether oxygens (including phenoxy) is 1. The maximum absolute atomic E-state index is 13.2. The maximum Gasteiger partial charge on any atom is 0.270 e. The molecule has 10 heteroatoms. The minimum atomic E-state index is -3.81. The molecule has 2 aromatic rings. The predicted molar refractivity (Wildman–Crippen MR) is 119 cm³/mol. The molecule has 9 nitrogen and oxygen atoms in total. The molecular formula is C22H28N4O5S. The fourth-order valence-corrected chi connectivity index (χ4v) is 5.70. The summed E-state index contributed by atoms with van der Waals surface area (Å²) in [6.45, 7) is 1.83. The molecule has 2 N–H and O–H groups in total. The van der Waals surface area contributed by atoms with E-state index in [4.69, 9.17) is 4.74 Å². The van der Waals surface area contributed by atoms with Crippen molar-refractivity contribution in [3.63, 3.8) is 0 Å². The van der Waals surface area contributed by atoms with Gasteiger partial charge in [-0.1, -0.05) is 0 Å². The molecule has 2 aliphatic heterocycles. The van der Waals surface area contributed by atoms with E-state index in [1.807, 2.05) is 0 Å². The molecule has 1 aromatic heterocycles. The number of carbonyl (C=O) groups is 2. The van der Waals surface area contributed by atoms with E-state index in [0.717, 1.165) is 12.8 Å². The molecule has 2 fully saturated rings. The number of aromatic amines is 1. The van der Waals surface area contributed by atoms with Crippen molar-refractivity contribution in [1.82, 2.24) is 14.2 Å². The Labute approximate surface area is 187 Å². The number of nitrogens with zero attached hydrogens (tertiary/aromatic N) is 2. The average molecular weight is 461 g/mol. The number of amides is 2. The number of methoxy groups -OCH3 is 1. The molecule has 2 amide bonds. The first-order valence-corrected chi connectivity index (χ1v) is 12.3. The number of H-pyrrole nitrogens is 1. The Morgan fingerprint density at radius 3 is 2.50 bits per heavy atom. The third-order valence-electron chi connectivity index (χ3n) is 6.03. The van der Waals surface area contributed by atoms with E-state index in [2.05, 4.69) is 10.3 Å². The summed E-state index contributed by atoms with van der Waals surface area (Å²) in [4.78, 5) is 29.9. The zero-order valence-corrected chi connectivity index (χ0v) is 18.9. The molecule has 1 unspecified atom stereocenters. The molecule has 1 aromatic carbocycles. The lowest BCUT2D eigenvalue weighted by molar-refractivity contribution is -0.120. The Balaban J connectivity index is 1.42. The highest BCUT2D eigenvalue weighted by Gasteiger charge is 2.34. The third kappa shape index (κ3) is 4.66. The van der Waals surface area contributed by atoms with E-state index in [1.54, 1.807) is 36.3 Å². The number of aromatic nitrogens is 1. The van der Waals surface area contributed by atoms with Crippen molar-refractivity contribution in [3.8, 4) is 5.75 Å². The van der Waals surface area contributed by atoms with Gasteiger partial charge in [0.2, 0.25) is 15.9 Å². The number of hydrogen-bond donors (Lipinski definition) is 2. The first-order chi connectivity index (χ1) is 15.4. The summed E-state index contributed by atoms with van der Waals surface area (Å²) < 4.78 is 32.8. The second-order valence-electron chi connectivity index (χ2n) is 8.17. The lowest BCUT2D eigenvalue weighted by Gasteiger charge is -2.31. The van der Waals surface area contributed by atoms with E-state index in [9.17, 15) is 18.0 Å². The Morgan fingerprint density at radius 2 is 1.81 bits per heavy atom. The van der Waals surface area contributed by atoms with Gasteiger partial charge in [-0.25, -0.2) is 8.42 Å². The van der Waals surface area contributed by atoms with E-state index in [-0.39, 0.29) is 28.9 Å². The number of nitrogens with one attached hydrogen (secondary N) is 2. The molecule has 0 aliphatic carbocycles. The Hall–Kier alpha value is -2.85. The molecule has 32 heavy (non-hydrogen) atoms. The summed E-state index contributed by atoms with van der Waals surface area (Å²) in [5.74, 6) is -0.161. The van der Waals surface area contributed by atoms with Crippen molar-refractivity contribution in [1.29, 1.82) is 0 Å². The zero-order chi connectivity index (χ0) is 22.7. The van der Waals surface area contributed by atoms with Gasteiger partial charge < -0.3 is 19.9 Å². The molecule has 4 rings (SSSR count). The molecular weight excluding hydrogens is 432 g/mol. The van der Waals surface area contributed by atoms with Crippen LogP contribution in [0, 0.1) is 5.92 Å². The van der Waals surface area contributed by atoms with Gasteiger partial charge in [0, 0.05) is 38.1 Å². The third-order valence-corrected chi connectivity index (χ3v) is 7.87. The second-order valence-corrected chi connectivity index (χ2v) is 10.1. The molecule has 0 saturated carbocycles. The predicted octanol–water partition coefficient (Wildman–Crippen LogP) is 2.30. The van der Waals surface area contributed by atoms with Gasteiger partial charge >= 0.3 is 0 Å². The molecule has 0 bridgehead atoms. The van der Waals surface area contributed by atoms with Gasteiger partial charge in [-0.05, 0) is 56.0 Å².